The van der Waals surface area contributed by atoms with Crippen LogP contribution in [0.3, 0.4) is 0 Å². The van der Waals surface area contributed by atoms with Crippen LogP contribution in [0.2, 0.25) is 0 Å². The zero-order valence-corrected chi connectivity index (χ0v) is 12.1. The molecule has 7 nitrogen and oxygen atoms in total. The summed E-state index contributed by atoms with van der Waals surface area (Å²) >= 11 is 1.50. The Kier molecular flexibility index (Phi) is 3.31. The minimum Gasteiger partial charge on any atom is -0.469 e. The molecule has 0 aliphatic heterocycles. The van der Waals surface area contributed by atoms with Crippen LogP contribution in [0, 0.1) is 13.8 Å². The Morgan fingerprint density at radius 1 is 1.20 bits per heavy atom. The summed E-state index contributed by atoms with van der Waals surface area (Å²) in [6.45, 7) is 3.67. The van der Waals surface area contributed by atoms with E-state index in [0.717, 1.165) is 22.3 Å². The highest BCUT2D eigenvalue weighted by atomic mass is 32.2. The topological polar surface area (TPSA) is 82.8 Å². The lowest BCUT2D eigenvalue weighted by Crippen LogP contribution is -1.95. The molecule has 0 atom stereocenters. The molecule has 3 aromatic heterocycles. The van der Waals surface area contributed by atoms with Crippen molar-refractivity contribution < 1.29 is 8.83 Å². The fraction of sp³-hybridized carbons (Fsp3) is 0.333. The van der Waals surface area contributed by atoms with Gasteiger partial charge >= 0.3 is 0 Å². The highest BCUT2D eigenvalue weighted by molar-refractivity contribution is 7.98. The van der Waals surface area contributed by atoms with Gasteiger partial charge < -0.3 is 13.4 Å². The SMILES string of the molecule is Cc1nnc(CSc2nnc(-c3ccoc3C)n2C)o1. The number of thioether (sulfide) groups is 1. The maximum absolute atomic E-state index is 5.33. The summed E-state index contributed by atoms with van der Waals surface area (Å²) in [5.74, 6) is 3.31. The second kappa shape index (κ2) is 5.12. The summed E-state index contributed by atoms with van der Waals surface area (Å²) < 4.78 is 12.5. The van der Waals surface area contributed by atoms with E-state index in [1.165, 1.54) is 11.8 Å². The fourth-order valence-electron chi connectivity index (χ4n) is 1.81. The maximum Gasteiger partial charge on any atom is 0.226 e. The molecule has 0 aromatic carbocycles. The third-order valence-electron chi connectivity index (χ3n) is 2.83. The Labute approximate surface area is 119 Å². The summed E-state index contributed by atoms with van der Waals surface area (Å²) in [5.41, 5.74) is 0.945. The average Bonchev–Trinajstić information content (AvgIpc) is 3.10. The van der Waals surface area contributed by atoms with Crippen LogP contribution < -0.4 is 0 Å². The van der Waals surface area contributed by atoms with E-state index in [9.17, 15) is 0 Å². The van der Waals surface area contributed by atoms with Crippen LogP contribution in [0.15, 0.2) is 26.3 Å². The predicted octanol–water partition coefficient (Wildman–Crippen LogP) is 2.37. The van der Waals surface area contributed by atoms with Crippen LogP contribution in [-0.2, 0) is 12.8 Å². The smallest absolute Gasteiger partial charge is 0.226 e. The van der Waals surface area contributed by atoms with Crippen molar-refractivity contribution in [2.75, 3.05) is 0 Å². The van der Waals surface area contributed by atoms with Gasteiger partial charge in [-0.05, 0) is 13.0 Å². The van der Waals surface area contributed by atoms with Gasteiger partial charge in [0, 0.05) is 14.0 Å². The van der Waals surface area contributed by atoms with Crippen LogP contribution in [0.25, 0.3) is 11.4 Å². The van der Waals surface area contributed by atoms with Crippen LogP contribution in [0.5, 0.6) is 0 Å². The van der Waals surface area contributed by atoms with Gasteiger partial charge in [-0.3, -0.25) is 0 Å². The quantitative estimate of drug-likeness (QED) is 0.682. The number of furan rings is 1. The molecule has 0 aliphatic rings. The Morgan fingerprint density at radius 2 is 2.05 bits per heavy atom. The van der Waals surface area contributed by atoms with Crippen molar-refractivity contribution >= 4 is 11.8 Å². The molecule has 3 aromatic rings. The molecule has 0 radical (unpaired) electrons. The molecule has 3 rings (SSSR count). The summed E-state index contributed by atoms with van der Waals surface area (Å²) in [6.07, 6.45) is 1.65. The zero-order chi connectivity index (χ0) is 14.1. The van der Waals surface area contributed by atoms with Crippen molar-refractivity contribution in [1.29, 1.82) is 0 Å². The van der Waals surface area contributed by atoms with Crippen molar-refractivity contribution in [3.8, 4) is 11.4 Å². The van der Waals surface area contributed by atoms with Gasteiger partial charge in [0.05, 0.1) is 17.6 Å². The highest BCUT2D eigenvalue weighted by Gasteiger charge is 2.15. The second-order valence-electron chi connectivity index (χ2n) is 4.26. The van der Waals surface area contributed by atoms with Crippen LogP contribution in [0.4, 0.5) is 0 Å². The molecule has 0 saturated carbocycles. The monoisotopic (exact) mass is 291 g/mol. The fourth-order valence-corrected chi connectivity index (χ4v) is 2.56. The van der Waals surface area contributed by atoms with Gasteiger partial charge in [-0.1, -0.05) is 11.8 Å². The number of aryl methyl sites for hydroxylation is 2. The van der Waals surface area contributed by atoms with E-state index in [4.69, 9.17) is 8.83 Å². The molecule has 0 amide bonds. The molecule has 0 aliphatic carbocycles. The predicted molar refractivity (Wildman–Crippen MR) is 72.0 cm³/mol. The Balaban J connectivity index is 1.79. The number of hydrogen-bond donors (Lipinski definition) is 0. The first-order chi connectivity index (χ1) is 9.65. The van der Waals surface area contributed by atoms with E-state index in [-0.39, 0.29) is 0 Å². The lowest BCUT2D eigenvalue weighted by molar-refractivity contribution is 0.485. The largest absolute Gasteiger partial charge is 0.469 e. The molecule has 0 N–H and O–H groups in total. The molecule has 20 heavy (non-hydrogen) atoms. The summed E-state index contributed by atoms with van der Waals surface area (Å²) in [7, 11) is 1.92. The van der Waals surface area contributed by atoms with Crippen molar-refractivity contribution in [2.45, 2.75) is 24.8 Å². The Morgan fingerprint density at radius 3 is 2.70 bits per heavy atom. The van der Waals surface area contributed by atoms with E-state index in [0.29, 0.717) is 17.5 Å². The summed E-state index contributed by atoms with van der Waals surface area (Å²) in [4.78, 5) is 0. The van der Waals surface area contributed by atoms with Gasteiger partial charge in [-0.2, -0.15) is 0 Å². The first-order valence-electron chi connectivity index (χ1n) is 6.01. The molecular weight excluding hydrogens is 278 g/mol. The third kappa shape index (κ3) is 2.34. The molecule has 8 heteroatoms. The van der Waals surface area contributed by atoms with Crippen LogP contribution >= 0.6 is 11.8 Å². The first-order valence-corrected chi connectivity index (χ1v) is 6.99. The van der Waals surface area contributed by atoms with Crippen LogP contribution in [-0.4, -0.2) is 25.0 Å². The minimum absolute atomic E-state index is 0.563. The van der Waals surface area contributed by atoms with E-state index >= 15 is 0 Å². The summed E-state index contributed by atoms with van der Waals surface area (Å²) in [5, 5.41) is 16.9. The van der Waals surface area contributed by atoms with Crippen LogP contribution in [0.1, 0.15) is 17.5 Å². The summed E-state index contributed by atoms with van der Waals surface area (Å²) in [6, 6.07) is 1.88. The molecule has 3 heterocycles. The molecular formula is C12H13N5O2S. The van der Waals surface area contributed by atoms with Gasteiger partial charge in [-0.15, -0.1) is 20.4 Å². The Bertz CT molecular complexity index is 730. The van der Waals surface area contributed by atoms with Crippen molar-refractivity contribution in [3.05, 3.63) is 29.9 Å². The Hall–Kier alpha value is -2.09. The zero-order valence-electron chi connectivity index (χ0n) is 11.3. The molecule has 0 spiro atoms. The van der Waals surface area contributed by atoms with Crippen molar-refractivity contribution in [3.63, 3.8) is 0 Å². The normalized spacial score (nSPS) is 11.2. The minimum atomic E-state index is 0.563. The van der Waals surface area contributed by atoms with Gasteiger partial charge in [0.2, 0.25) is 11.8 Å². The molecule has 104 valence electrons. The van der Waals surface area contributed by atoms with Crippen molar-refractivity contribution in [1.82, 2.24) is 25.0 Å². The first kappa shape index (κ1) is 12.9. The number of nitrogens with zero attached hydrogens (tertiary/aromatic N) is 5. The lowest BCUT2D eigenvalue weighted by Gasteiger charge is -2.01. The van der Waals surface area contributed by atoms with E-state index in [1.54, 1.807) is 13.2 Å². The third-order valence-corrected chi connectivity index (χ3v) is 3.83. The van der Waals surface area contributed by atoms with Gasteiger partial charge in [-0.25, -0.2) is 0 Å². The van der Waals surface area contributed by atoms with E-state index in [2.05, 4.69) is 20.4 Å². The van der Waals surface area contributed by atoms with Gasteiger partial charge in [0.25, 0.3) is 0 Å². The second-order valence-corrected chi connectivity index (χ2v) is 5.20. The van der Waals surface area contributed by atoms with Gasteiger partial charge in [0.1, 0.15) is 5.76 Å². The molecule has 0 unspecified atom stereocenters. The molecule has 0 saturated heterocycles. The number of hydrogen-bond acceptors (Lipinski definition) is 7. The average molecular weight is 291 g/mol. The van der Waals surface area contributed by atoms with E-state index < -0.39 is 0 Å². The van der Waals surface area contributed by atoms with Gasteiger partial charge in [0.15, 0.2) is 11.0 Å². The lowest BCUT2D eigenvalue weighted by atomic mass is 10.2. The van der Waals surface area contributed by atoms with Crippen molar-refractivity contribution in [2.24, 2.45) is 7.05 Å². The molecule has 0 bridgehead atoms. The van der Waals surface area contributed by atoms with E-state index in [1.807, 2.05) is 24.6 Å². The highest BCUT2D eigenvalue weighted by Crippen LogP contribution is 2.27. The molecule has 0 fully saturated rings. The standard InChI is InChI=1S/C12H13N5O2S/c1-7-9(4-5-18-7)11-15-16-12(17(11)3)20-6-10-14-13-8(2)19-10/h4-5H,6H2,1-3H3. The maximum atomic E-state index is 5.33. The number of aromatic nitrogens is 5. The number of rotatable bonds is 4.